The molecule has 118 valence electrons. The number of carbonyl (C=O) groups is 1. The highest BCUT2D eigenvalue weighted by Gasteiger charge is 2.18. The number of hydrogen-bond donors (Lipinski definition) is 1. The van der Waals surface area contributed by atoms with Crippen molar-refractivity contribution in [1.82, 2.24) is 0 Å². The highest BCUT2D eigenvalue weighted by atomic mass is 35.5. The molecule has 0 fully saturated rings. The summed E-state index contributed by atoms with van der Waals surface area (Å²) in [5.74, 6) is -0.339. The van der Waals surface area contributed by atoms with Crippen LogP contribution in [0.3, 0.4) is 0 Å². The summed E-state index contributed by atoms with van der Waals surface area (Å²) in [5.41, 5.74) is 1.49. The zero-order chi connectivity index (χ0) is 16.7. The number of fused-ring (bicyclic) bond motifs is 1. The first-order chi connectivity index (χ1) is 10.9. The zero-order valence-corrected chi connectivity index (χ0v) is 15.6. The molecule has 7 heteroatoms. The summed E-state index contributed by atoms with van der Waals surface area (Å²) >= 11 is 25.6. The second-order valence-corrected chi connectivity index (χ2v) is 7.60. The Balaban J connectivity index is 1.98. The summed E-state index contributed by atoms with van der Waals surface area (Å²) in [6.45, 7) is 1.99. The van der Waals surface area contributed by atoms with Gasteiger partial charge < -0.3 is 5.32 Å². The monoisotopic (exact) mass is 403 g/mol. The molecule has 0 saturated carbocycles. The molecule has 1 aromatic heterocycles. The Morgan fingerprint density at radius 1 is 1.00 bits per heavy atom. The van der Waals surface area contributed by atoms with Gasteiger partial charge in [-0.1, -0.05) is 58.5 Å². The number of rotatable bonds is 2. The normalized spacial score (nSPS) is 11.0. The van der Waals surface area contributed by atoms with Crippen LogP contribution in [0.2, 0.25) is 20.1 Å². The number of benzene rings is 2. The van der Waals surface area contributed by atoms with Crippen LogP contribution in [-0.4, -0.2) is 5.91 Å². The Bertz CT molecular complexity index is 935. The molecule has 0 aliphatic heterocycles. The largest absolute Gasteiger partial charge is 0.320 e. The van der Waals surface area contributed by atoms with Gasteiger partial charge in [-0.25, -0.2) is 0 Å². The number of anilines is 1. The van der Waals surface area contributed by atoms with E-state index >= 15 is 0 Å². The predicted molar refractivity (Wildman–Crippen MR) is 101 cm³/mol. The SMILES string of the molecule is Cc1ccc2c(Cl)c(C(=O)Nc3cc(Cl)c(Cl)cc3Cl)sc2c1. The highest BCUT2D eigenvalue weighted by Crippen LogP contribution is 2.37. The lowest BCUT2D eigenvalue weighted by molar-refractivity contribution is 0.103. The Morgan fingerprint density at radius 3 is 2.43 bits per heavy atom. The molecular weight excluding hydrogens is 396 g/mol. The maximum atomic E-state index is 12.5. The summed E-state index contributed by atoms with van der Waals surface area (Å²) in [7, 11) is 0. The van der Waals surface area contributed by atoms with Gasteiger partial charge in [-0.3, -0.25) is 4.79 Å². The van der Waals surface area contributed by atoms with E-state index in [4.69, 9.17) is 46.4 Å². The fraction of sp³-hybridized carbons (Fsp3) is 0.0625. The van der Waals surface area contributed by atoms with E-state index in [1.165, 1.54) is 23.5 Å². The van der Waals surface area contributed by atoms with Crippen LogP contribution < -0.4 is 5.32 Å². The van der Waals surface area contributed by atoms with E-state index in [-0.39, 0.29) is 5.91 Å². The molecule has 0 radical (unpaired) electrons. The van der Waals surface area contributed by atoms with Gasteiger partial charge in [0.05, 0.1) is 25.8 Å². The second kappa shape index (κ2) is 6.50. The maximum absolute atomic E-state index is 12.5. The Hall–Kier alpha value is -0.970. The van der Waals surface area contributed by atoms with Crippen molar-refractivity contribution in [3.05, 3.63) is 60.9 Å². The molecule has 0 atom stereocenters. The van der Waals surface area contributed by atoms with Gasteiger partial charge in [-0.05, 0) is 30.7 Å². The number of thiophene rings is 1. The van der Waals surface area contributed by atoms with Gasteiger partial charge in [-0.15, -0.1) is 11.3 Å². The van der Waals surface area contributed by atoms with Crippen LogP contribution in [0.1, 0.15) is 15.2 Å². The average molecular weight is 405 g/mol. The van der Waals surface area contributed by atoms with Gasteiger partial charge in [0.2, 0.25) is 0 Å². The van der Waals surface area contributed by atoms with Crippen molar-refractivity contribution in [3.63, 3.8) is 0 Å². The molecule has 0 aliphatic rings. The van der Waals surface area contributed by atoms with Gasteiger partial charge in [0.15, 0.2) is 0 Å². The summed E-state index contributed by atoms with van der Waals surface area (Å²) in [6, 6.07) is 8.85. The number of nitrogens with one attached hydrogen (secondary N) is 1. The standard InChI is InChI=1S/C16H9Cl4NOS/c1-7-2-3-8-13(4-7)23-15(14(8)20)16(22)21-12-6-10(18)9(17)5-11(12)19/h2-6H,1H3,(H,21,22). The van der Waals surface area contributed by atoms with Crippen LogP contribution in [0.4, 0.5) is 5.69 Å². The summed E-state index contributed by atoms with van der Waals surface area (Å²) < 4.78 is 0.959. The van der Waals surface area contributed by atoms with Crippen LogP contribution in [-0.2, 0) is 0 Å². The fourth-order valence-corrected chi connectivity index (χ4v) is 4.22. The molecule has 3 aromatic rings. The van der Waals surface area contributed by atoms with E-state index in [1.807, 2.05) is 25.1 Å². The number of carbonyl (C=O) groups excluding carboxylic acids is 1. The van der Waals surface area contributed by atoms with Gasteiger partial charge in [0.1, 0.15) is 4.88 Å². The highest BCUT2D eigenvalue weighted by molar-refractivity contribution is 7.21. The third kappa shape index (κ3) is 3.30. The second-order valence-electron chi connectivity index (χ2n) is 4.95. The molecule has 0 aliphatic carbocycles. The van der Waals surface area contributed by atoms with E-state index in [0.717, 1.165) is 15.6 Å². The summed E-state index contributed by atoms with van der Waals surface area (Å²) in [4.78, 5) is 12.9. The first-order valence-corrected chi connectivity index (χ1v) is 8.84. The van der Waals surface area contributed by atoms with Gasteiger partial charge in [0.25, 0.3) is 5.91 Å². The Kier molecular flexibility index (Phi) is 4.77. The quantitative estimate of drug-likeness (QED) is 0.454. The number of halogens is 4. The summed E-state index contributed by atoms with van der Waals surface area (Å²) in [6.07, 6.45) is 0. The zero-order valence-electron chi connectivity index (χ0n) is 11.7. The lowest BCUT2D eigenvalue weighted by atomic mass is 10.2. The average Bonchev–Trinajstić information content (AvgIpc) is 2.81. The van der Waals surface area contributed by atoms with Gasteiger partial charge in [0, 0.05) is 10.1 Å². The van der Waals surface area contributed by atoms with Crippen LogP contribution in [0.25, 0.3) is 10.1 Å². The summed E-state index contributed by atoms with van der Waals surface area (Å²) in [5, 5.41) is 4.95. The number of aryl methyl sites for hydroxylation is 1. The molecule has 0 unspecified atom stereocenters. The topological polar surface area (TPSA) is 29.1 Å². The van der Waals surface area contributed by atoms with Crippen LogP contribution in [0.5, 0.6) is 0 Å². The van der Waals surface area contributed by atoms with Crippen molar-refractivity contribution in [1.29, 1.82) is 0 Å². The van der Waals surface area contributed by atoms with Crippen molar-refractivity contribution >= 4 is 79.4 Å². The predicted octanol–water partition coefficient (Wildman–Crippen LogP) is 7.08. The van der Waals surface area contributed by atoms with E-state index < -0.39 is 0 Å². The van der Waals surface area contributed by atoms with Crippen LogP contribution >= 0.6 is 57.7 Å². The first-order valence-electron chi connectivity index (χ1n) is 6.51. The van der Waals surface area contributed by atoms with Crippen molar-refractivity contribution in [2.45, 2.75) is 6.92 Å². The molecule has 23 heavy (non-hydrogen) atoms. The molecule has 0 spiro atoms. The van der Waals surface area contributed by atoms with Crippen molar-refractivity contribution in [2.24, 2.45) is 0 Å². The molecule has 1 heterocycles. The van der Waals surface area contributed by atoms with Crippen LogP contribution in [0, 0.1) is 6.92 Å². The molecule has 2 aromatic carbocycles. The molecule has 3 rings (SSSR count). The lowest BCUT2D eigenvalue weighted by Crippen LogP contribution is -2.11. The molecule has 2 nitrogen and oxygen atoms in total. The van der Waals surface area contributed by atoms with Crippen molar-refractivity contribution in [2.75, 3.05) is 5.32 Å². The third-order valence-corrected chi connectivity index (χ3v) is 5.94. The van der Waals surface area contributed by atoms with Crippen molar-refractivity contribution < 1.29 is 4.79 Å². The van der Waals surface area contributed by atoms with Gasteiger partial charge in [-0.2, -0.15) is 0 Å². The molecule has 1 amide bonds. The number of hydrogen-bond acceptors (Lipinski definition) is 2. The van der Waals surface area contributed by atoms with E-state index in [9.17, 15) is 4.79 Å². The Labute approximate surface area is 156 Å². The minimum absolute atomic E-state index is 0.306. The maximum Gasteiger partial charge on any atom is 0.267 e. The smallest absolute Gasteiger partial charge is 0.267 e. The van der Waals surface area contributed by atoms with E-state index in [1.54, 1.807) is 0 Å². The van der Waals surface area contributed by atoms with E-state index in [0.29, 0.717) is 30.7 Å². The minimum atomic E-state index is -0.339. The minimum Gasteiger partial charge on any atom is -0.320 e. The number of amides is 1. The Morgan fingerprint density at radius 2 is 1.70 bits per heavy atom. The van der Waals surface area contributed by atoms with Crippen LogP contribution in [0.15, 0.2) is 30.3 Å². The molecular formula is C16H9Cl4NOS. The lowest BCUT2D eigenvalue weighted by Gasteiger charge is -2.08. The molecule has 0 saturated heterocycles. The van der Waals surface area contributed by atoms with Gasteiger partial charge >= 0.3 is 0 Å². The fourth-order valence-electron chi connectivity index (χ4n) is 2.12. The van der Waals surface area contributed by atoms with E-state index in [2.05, 4.69) is 5.32 Å². The van der Waals surface area contributed by atoms with Crippen molar-refractivity contribution in [3.8, 4) is 0 Å². The third-order valence-electron chi connectivity index (χ3n) is 3.25. The molecule has 1 N–H and O–H groups in total. The first kappa shape index (κ1) is 16.9. The molecule has 0 bridgehead atoms.